The highest BCUT2D eigenvalue weighted by Gasteiger charge is 2.01. The summed E-state index contributed by atoms with van der Waals surface area (Å²) in [6.07, 6.45) is 1.08. The summed E-state index contributed by atoms with van der Waals surface area (Å²) in [5.41, 5.74) is 2.27. The monoisotopic (exact) mass is 341 g/mol. The predicted octanol–water partition coefficient (Wildman–Crippen LogP) is 5.76. The van der Waals surface area contributed by atoms with Crippen LogP contribution in [0.25, 0.3) is 0 Å². The van der Waals surface area contributed by atoms with Crippen LogP contribution in [0.5, 0.6) is 11.5 Å². The SMILES string of the molecule is CC(C)CCOc1cccc(CNc2cccc(OCC(C)C)c2)c1. The Morgan fingerprint density at radius 1 is 0.840 bits per heavy atom. The Balaban J connectivity index is 1.87. The van der Waals surface area contributed by atoms with Crippen molar-refractivity contribution >= 4 is 5.69 Å². The van der Waals surface area contributed by atoms with Gasteiger partial charge in [0.25, 0.3) is 0 Å². The molecule has 0 heterocycles. The molecule has 0 aliphatic rings. The molecule has 1 N–H and O–H groups in total. The Hall–Kier alpha value is -2.16. The molecule has 136 valence electrons. The Labute approximate surface area is 152 Å². The van der Waals surface area contributed by atoms with Crippen LogP contribution in [0.4, 0.5) is 5.69 Å². The van der Waals surface area contributed by atoms with Gasteiger partial charge in [-0.3, -0.25) is 0 Å². The van der Waals surface area contributed by atoms with E-state index in [0.29, 0.717) is 11.8 Å². The lowest BCUT2D eigenvalue weighted by Gasteiger charge is -2.12. The molecule has 2 aromatic rings. The quantitative estimate of drug-likeness (QED) is 0.596. The molecule has 0 radical (unpaired) electrons. The van der Waals surface area contributed by atoms with Gasteiger partial charge >= 0.3 is 0 Å². The van der Waals surface area contributed by atoms with Crippen LogP contribution in [-0.4, -0.2) is 13.2 Å². The van der Waals surface area contributed by atoms with Crippen LogP contribution >= 0.6 is 0 Å². The number of ether oxygens (including phenoxy) is 2. The van der Waals surface area contributed by atoms with Crippen molar-refractivity contribution in [2.75, 3.05) is 18.5 Å². The van der Waals surface area contributed by atoms with Crippen molar-refractivity contribution in [2.24, 2.45) is 11.8 Å². The minimum atomic E-state index is 0.523. The molecule has 0 spiro atoms. The van der Waals surface area contributed by atoms with Crippen molar-refractivity contribution in [1.82, 2.24) is 0 Å². The summed E-state index contributed by atoms with van der Waals surface area (Å²) in [6.45, 7) is 11.0. The highest BCUT2D eigenvalue weighted by molar-refractivity contribution is 5.48. The minimum absolute atomic E-state index is 0.523. The van der Waals surface area contributed by atoms with Gasteiger partial charge in [-0.25, -0.2) is 0 Å². The van der Waals surface area contributed by atoms with E-state index in [1.807, 2.05) is 30.3 Å². The third-order valence-electron chi connectivity index (χ3n) is 3.78. The van der Waals surface area contributed by atoms with E-state index < -0.39 is 0 Å². The first kappa shape index (κ1) is 19.2. The van der Waals surface area contributed by atoms with Crippen molar-refractivity contribution in [3.63, 3.8) is 0 Å². The second kappa shape index (κ2) is 9.97. The molecular weight excluding hydrogens is 310 g/mol. The largest absolute Gasteiger partial charge is 0.494 e. The molecule has 3 nitrogen and oxygen atoms in total. The predicted molar refractivity (Wildman–Crippen MR) is 105 cm³/mol. The molecular formula is C22H31NO2. The summed E-state index contributed by atoms with van der Waals surface area (Å²) in [7, 11) is 0. The van der Waals surface area contributed by atoms with E-state index in [4.69, 9.17) is 9.47 Å². The molecule has 2 rings (SSSR count). The van der Waals surface area contributed by atoms with E-state index in [2.05, 4.69) is 51.2 Å². The summed E-state index contributed by atoms with van der Waals surface area (Å²) in [4.78, 5) is 0. The zero-order valence-corrected chi connectivity index (χ0v) is 15.9. The van der Waals surface area contributed by atoms with Crippen molar-refractivity contribution in [3.8, 4) is 11.5 Å². The smallest absolute Gasteiger partial charge is 0.121 e. The second-order valence-corrected chi connectivity index (χ2v) is 7.26. The van der Waals surface area contributed by atoms with E-state index in [0.717, 1.165) is 43.4 Å². The molecule has 0 atom stereocenters. The molecule has 0 saturated heterocycles. The van der Waals surface area contributed by atoms with Gasteiger partial charge in [0.15, 0.2) is 0 Å². The lowest BCUT2D eigenvalue weighted by Crippen LogP contribution is -2.05. The van der Waals surface area contributed by atoms with Gasteiger partial charge in [-0.1, -0.05) is 45.9 Å². The Morgan fingerprint density at radius 2 is 1.56 bits per heavy atom. The molecule has 2 aromatic carbocycles. The van der Waals surface area contributed by atoms with Gasteiger partial charge in [-0.15, -0.1) is 0 Å². The van der Waals surface area contributed by atoms with Crippen LogP contribution in [0.15, 0.2) is 48.5 Å². The van der Waals surface area contributed by atoms with Crippen LogP contribution in [0.2, 0.25) is 0 Å². The molecule has 0 unspecified atom stereocenters. The van der Waals surface area contributed by atoms with Gasteiger partial charge in [-0.05, 0) is 48.1 Å². The first-order chi connectivity index (χ1) is 12.0. The maximum atomic E-state index is 5.84. The van der Waals surface area contributed by atoms with Crippen LogP contribution < -0.4 is 14.8 Å². The van der Waals surface area contributed by atoms with Crippen LogP contribution in [0, 0.1) is 11.8 Å². The van der Waals surface area contributed by atoms with Crippen LogP contribution in [-0.2, 0) is 6.54 Å². The summed E-state index contributed by atoms with van der Waals surface area (Å²) < 4.78 is 11.6. The van der Waals surface area contributed by atoms with Crippen molar-refractivity contribution in [2.45, 2.75) is 40.7 Å². The standard InChI is InChI=1S/C22H31NO2/c1-17(2)11-12-24-21-9-5-7-19(13-21)15-23-20-8-6-10-22(14-20)25-16-18(3)4/h5-10,13-14,17-18,23H,11-12,15-16H2,1-4H3. The fourth-order valence-electron chi connectivity index (χ4n) is 2.32. The molecule has 0 bridgehead atoms. The Kier molecular flexibility index (Phi) is 7.65. The topological polar surface area (TPSA) is 30.5 Å². The molecule has 0 aromatic heterocycles. The minimum Gasteiger partial charge on any atom is -0.494 e. The first-order valence-corrected chi connectivity index (χ1v) is 9.21. The van der Waals surface area contributed by atoms with E-state index in [1.165, 1.54) is 5.56 Å². The summed E-state index contributed by atoms with van der Waals surface area (Å²) in [5.74, 6) is 3.03. The first-order valence-electron chi connectivity index (χ1n) is 9.21. The maximum absolute atomic E-state index is 5.84. The zero-order chi connectivity index (χ0) is 18.1. The molecule has 25 heavy (non-hydrogen) atoms. The number of hydrogen-bond acceptors (Lipinski definition) is 3. The fourth-order valence-corrected chi connectivity index (χ4v) is 2.32. The number of hydrogen-bond donors (Lipinski definition) is 1. The van der Waals surface area contributed by atoms with Gasteiger partial charge in [0.2, 0.25) is 0 Å². The number of nitrogens with one attached hydrogen (secondary N) is 1. The third kappa shape index (κ3) is 7.51. The van der Waals surface area contributed by atoms with Crippen LogP contribution in [0.1, 0.15) is 39.7 Å². The zero-order valence-electron chi connectivity index (χ0n) is 15.9. The average Bonchev–Trinajstić information content (AvgIpc) is 2.59. The molecule has 0 saturated carbocycles. The van der Waals surface area contributed by atoms with Gasteiger partial charge in [0.05, 0.1) is 13.2 Å². The van der Waals surface area contributed by atoms with Crippen molar-refractivity contribution in [1.29, 1.82) is 0 Å². The molecule has 0 aliphatic carbocycles. The molecule has 0 aliphatic heterocycles. The van der Waals surface area contributed by atoms with Crippen molar-refractivity contribution < 1.29 is 9.47 Å². The van der Waals surface area contributed by atoms with E-state index >= 15 is 0 Å². The lowest BCUT2D eigenvalue weighted by molar-refractivity contribution is 0.271. The van der Waals surface area contributed by atoms with Gasteiger partial charge in [-0.2, -0.15) is 0 Å². The lowest BCUT2D eigenvalue weighted by atomic mass is 10.1. The van der Waals surface area contributed by atoms with Crippen molar-refractivity contribution in [3.05, 3.63) is 54.1 Å². The van der Waals surface area contributed by atoms with E-state index in [9.17, 15) is 0 Å². The Bertz CT molecular complexity index is 637. The normalized spacial score (nSPS) is 11.0. The maximum Gasteiger partial charge on any atom is 0.121 e. The van der Waals surface area contributed by atoms with Crippen LogP contribution in [0.3, 0.4) is 0 Å². The molecule has 3 heteroatoms. The van der Waals surface area contributed by atoms with Gasteiger partial charge in [0.1, 0.15) is 11.5 Å². The van der Waals surface area contributed by atoms with Gasteiger partial charge < -0.3 is 14.8 Å². The third-order valence-corrected chi connectivity index (χ3v) is 3.78. The molecule has 0 fully saturated rings. The Morgan fingerprint density at radius 3 is 2.28 bits per heavy atom. The average molecular weight is 341 g/mol. The second-order valence-electron chi connectivity index (χ2n) is 7.26. The summed E-state index contributed by atoms with van der Waals surface area (Å²) in [6, 6.07) is 16.4. The van der Waals surface area contributed by atoms with Gasteiger partial charge in [0, 0.05) is 18.3 Å². The highest BCUT2D eigenvalue weighted by atomic mass is 16.5. The van der Waals surface area contributed by atoms with E-state index in [-0.39, 0.29) is 0 Å². The number of benzene rings is 2. The summed E-state index contributed by atoms with van der Waals surface area (Å²) >= 11 is 0. The highest BCUT2D eigenvalue weighted by Crippen LogP contribution is 2.20. The molecule has 0 amide bonds. The van der Waals surface area contributed by atoms with E-state index in [1.54, 1.807) is 0 Å². The number of anilines is 1. The summed E-state index contributed by atoms with van der Waals surface area (Å²) in [5, 5.41) is 3.45. The number of rotatable bonds is 10. The fraction of sp³-hybridized carbons (Fsp3) is 0.455.